The van der Waals surface area contributed by atoms with Crippen molar-refractivity contribution in [2.75, 3.05) is 17.7 Å². The summed E-state index contributed by atoms with van der Waals surface area (Å²) in [6, 6.07) is 22.4. The van der Waals surface area contributed by atoms with Crippen LogP contribution >= 0.6 is 15.9 Å². The Morgan fingerprint density at radius 3 is 2.48 bits per heavy atom. The van der Waals surface area contributed by atoms with E-state index in [2.05, 4.69) is 36.5 Å². The maximum absolute atomic E-state index is 14.9. The molecule has 5 rings (SSSR count). The van der Waals surface area contributed by atoms with Crippen LogP contribution in [0.25, 0.3) is 22.4 Å². The largest absolute Gasteiger partial charge is 0.496 e. The molecule has 1 amide bonds. The number of carboxylic acids is 1. The van der Waals surface area contributed by atoms with Gasteiger partial charge in [0.25, 0.3) is 5.91 Å². The first-order chi connectivity index (χ1) is 19.3. The number of carbonyl (C=O) groups excluding carboxylic acids is 1. The van der Waals surface area contributed by atoms with Gasteiger partial charge in [0.05, 0.1) is 34.7 Å². The molecule has 8 nitrogen and oxygen atoms in total. The number of nitrogens with zero attached hydrogens (tertiary/aromatic N) is 1. The van der Waals surface area contributed by atoms with E-state index in [9.17, 15) is 14.0 Å². The number of methoxy groups -OCH3 is 1. The maximum Gasteiger partial charge on any atom is 0.307 e. The van der Waals surface area contributed by atoms with E-state index in [4.69, 9.17) is 9.84 Å². The van der Waals surface area contributed by atoms with Crippen molar-refractivity contribution in [3.63, 3.8) is 0 Å². The van der Waals surface area contributed by atoms with Crippen molar-refractivity contribution in [2.24, 2.45) is 0 Å². The fourth-order valence-electron chi connectivity index (χ4n) is 4.20. The number of halogens is 2. The van der Waals surface area contributed by atoms with Crippen LogP contribution in [0.1, 0.15) is 21.5 Å². The molecule has 5 aromatic rings. The third-order valence-corrected chi connectivity index (χ3v) is 6.87. The molecule has 0 unspecified atom stereocenters. The predicted octanol–water partition coefficient (Wildman–Crippen LogP) is 6.63. The Bertz CT molecular complexity index is 1720. The molecule has 40 heavy (non-hydrogen) atoms. The van der Waals surface area contributed by atoms with Crippen LogP contribution in [0.2, 0.25) is 0 Å². The van der Waals surface area contributed by atoms with Crippen molar-refractivity contribution in [3.8, 4) is 17.1 Å². The zero-order valence-electron chi connectivity index (χ0n) is 21.3. The van der Waals surface area contributed by atoms with E-state index in [-0.39, 0.29) is 12.3 Å². The van der Waals surface area contributed by atoms with Gasteiger partial charge in [-0.1, -0.05) is 18.2 Å². The third-order valence-electron chi connectivity index (χ3n) is 6.25. The van der Waals surface area contributed by atoms with E-state index in [0.29, 0.717) is 61.7 Å². The number of hydrogen-bond acceptors (Lipinski definition) is 5. The van der Waals surface area contributed by atoms with Gasteiger partial charge in [0, 0.05) is 23.4 Å². The van der Waals surface area contributed by atoms with Crippen molar-refractivity contribution in [2.45, 2.75) is 13.0 Å². The number of aliphatic carboxylic acids is 1. The Morgan fingerprint density at radius 1 is 1.00 bits per heavy atom. The molecule has 0 atom stereocenters. The Labute approximate surface area is 237 Å². The monoisotopic (exact) mass is 602 g/mol. The van der Waals surface area contributed by atoms with Crippen molar-refractivity contribution in [1.29, 1.82) is 0 Å². The first kappa shape index (κ1) is 26.9. The lowest BCUT2D eigenvalue weighted by Gasteiger charge is -2.10. The highest BCUT2D eigenvalue weighted by Crippen LogP contribution is 2.27. The van der Waals surface area contributed by atoms with Crippen LogP contribution in [0.15, 0.2) is 83.3 Å². The lowest BCUT2D eigenvalue weighted by molar-refractivity contribution is -0.136. The number of fused-ring (bicyclic) bond motifs is 1. The van der Waals surface area contributed by atoms with E-state index >= 15 is 0 Å². The highest BCUT2D eigenvalue weighted by molar-refractivity contribution is 9.10. The summed E-state index contributed by atoms with van der Waals surface area (Å²) in [6.07, 6.45) is -0.0848. The number of hydrogen-bond donors (Lipinski definition) is 4. The van der Waals surface area contributed by atoms with Gasteiger partial charge in [0.1, 0.15) is 17.4 Å². The molecule has 0 aliphatic heterocycles. The van der Waals surface area contributed by atoms with Gasteiger partial charge in [-0.2, -0.15) is 0 Å². The fraction of sp³-hybridized carbons (Fsp3) is 0.100. The van der Waals surface area contributed by atoms with Gasteiger partial charge in [0.15, 0.2) is 0 Å². The molecule has 0 bridgehead atoms. The zero-order valence-corrected chi connectivity index (χ0v) is 22.9. The molecular formula is C30H24BrFN4O4. The summed E-state index contributed by atoms with van der Waals surface area (Å²) in [7, 11) is 1.56. The molecule has 1 heterocycles. The second-order valence-electron chi connectivity index (χ2n) is 9.06. The number of nitrogens with one attached hydrogen (secondary N) is 3. The lowest BCUT2D eigenvalue weighted by Crippen LogP contribution is -2.12. The minimum atomic E-state index is -0.912. The normalized spacial score (nSPS) is 10.9. The number of rotatable bonds is 9. The Morgan fingerprint density at radius 2 is 1.77 bits per heavy atom. The van der Waals surface area contributed by atoms with Crippen LogP contribution in [-0.4, -0.2) is 34.1 Å². The van der Waals surface area contributed by atoms with Crippen molar-refractivity contribution in [1.82, 2.24) is 9.97 Å². The predicted molar refractivity (Wildman–Crippen MR) is 155 cm³/mol. The highest BCUT2D eigenvalue weighted by Gasteiger charge is 2.12. The molecule has 0 aliphatic rings. The third kappa shape index (κ3) is 6.13. The summed E-state index contributed by atoms with van der Waals surface area (Å²) in [4.78, 5) is 31.2. The summed E-state index contributed by atoms with van der Waals surface area (Å²) in [6.45, 7) is 0.382. The van der Waals surface area contributed by atoms with Gasteiger partial charge in [-0.25, -0.2) is 9.37 Å². The van der Waals surface area contributed by atoms with Crippen molar-refractivity contribution in [3.05, 3.63) is 106 Å². The summed E-state index contributed by atoms with van der Waals surface area (Å²) < 4.78 is 20.8. The number of aromatic amines is 1. The Balaban J connectivity index is 1.21. The fourth-order valence-corrected chi connectivity index (χ4v) is 4.74. The smallest absolute Gasteiger partial charge is 0.307 e. The summed E-state index contributed by atoms with van der Waals surface area (Å²) in [5.74, 6) is -0.458. The van der Waals surface area contributed by atoms with Crippen LogP contribution in [0.5, 0.6) is 5.75 Å². The van der Waals surface area contributed by atoms with Gasteiger partial charge in [-0.05, 0) is 87.7 Å². The molecule has 0 saturated heterocycles. The number of carboxylic acid groups (broad SMARTS) is 1. The number of imidazole rings is 1. The van der Waals surface area contributed by atoms with Gasteiger partial charge >= 0.3 is 5.97 Å². The van der Waals surface area contributed by atoms with Crippen LogP contribution in [0, 0.1) is 5.82 Å². The first-order valence-corrected chi connectivity index (χ1v) is 13.1. The number of benzene rings is 4. The van der Waals surface area contributed by atoms with E-state index < -0.39 is 11.8 Å². The SMILES string of the molecule is COc1ccc(C(=O)Nc2ccc(CNc3ccc(-c4nc5ccc(CC(=O)O)cc5[nH]4)cc3F)cc2)cc1Br. The molecular weight excluding hydrogens is 579 g/mol. The summed E-state index contributed by atoms with van der Waals surface area (Å²) in [5.41, 5.74) is 4.95. The first-order valence-electron chi connectivity index (χ1n) is 12.3. The Kier molecular flexibility index (Phi) is 7.79. The van der Waals surface area contributed by atoms with Gasteiger partial charge in [-0.15, -0.1) is 0 Å². The average molecular weight is 603 g/mol. The number of amides is 1. The van der Waals surface area contributed by atoms with Crippen molar-refractivity contribution < 1.29 is 23.8 Å². The van der Waals surface area contributed by atoms with Crippen LogP contribution in [0.3, 0.4) is 0 Å². The topological polar surface area (TPSA) is 116 Å². The Hall–Kier alpha value is -4.70. The highest BCUT2D eigenvalue weighted by atomic mass is 79.9. The number of carbonyl (C=O) groups is 2. The van der Waals surface area contributed by atoms with Gasteiger partial charge < -0.3 is 25.5 Å². The molecule has 0 aliphatic carbocycles. The quantitative estimate of drug-likeness (QED) is 0.150. The number of aromatic nitrogens is 2. The molecule has 4 aromatic carbocycles. The number of anilines is 2. The standard InChI is InChI=1S/C30H24BrFN4O4/c1-40-27-11-6-20(14-22(27)31)30(39)34-21-7-2-17(3-8-21)16-33-24-10-5-19(15-23(24)32)29-35-25-9-4-18(13-28(37)38)12-26(25)36-29/h2-12,14-15,33H,13,16H2,1H3,(H,34,39)(H,35,36)(H,37,38). The van der Waals surface area contributed by atoms with Gasteiger partial charge in [-0.3, -0.25) is 9.59 Å². The van der Waals surface area contributed by atoms with E-state index in [1.54, 1.807) is 67.8 Å². The van der Waals surface area contributed by atoms with E-state index in [0.717, 1.165) is 5.56 Å². The van der Waals surface area contributed by atoms with E-state index in [1.165, 1.54) is 6.07 Å². The number of ether oxygens (including phenoxy) is 1. The average Bonchev–Trinajstić information content (AvgIpc) is 3.36. The molecule has 0 saturated carbocycles. The van der Waals surface area contributed by atoms with E-state index in [1.807, 2.05) is 12.1 Å². The van der Waals surface area contributed by atoms with Crippen LogP contribution < -0.4 is 15.4 Å². The van der Waals surface area contributed by atoms with Crippen LogP contribution in [0.4, 0.5) is 15.8 Å². The second-order valence-corrected chi connectivity index (χ2v) is 9.91. The molecule has 10 heteroatoms. The molecule has 1 aromatic heterocycles. The lowest BCUT2D eigenvalue weighted by atomic mass is 10.1. The second kappa shape index (κ2) is 11.6. The molecule has 0 radical (unpaired) electrons. The van der Waals surface area contributed by atoms with Crippen molar-refractivity contribution >= 4 is 50.2 Å². The summed E-state index contributed by atoms with van der Waals surface area (Å²) in [5, 5.41) is 15.0. The maximum atomic E-state index is 14.9. The minimum absolute atomic E-state index is 0.0848. The molecule has 202 valence electrons. The van der Waals surface area contributed by atoms with Gasteiger partial charge in [0.2, 0.25) is 0 Å². The van der Waals surface area contributed by atoms with Crippen LogP contribution in [-0.2, 0) is 17.8 Å². The summed E-state index contributed by atoms with van der Waals surface area (Å²) >= 11 is 3.38. The molecule has 0 spiro atoms. The molecule has 0 fully saturated rings. The number of H-pyrrole nitrogens is 1. The minimum Gasteiger partial charge on any atom is -0.496 e. The zero-order chi connectivity index (χ0) is 28.2. The molecule has 4 N–H and O–H groups in total.